The Morgan fingerprint density at radius 2 is 2.45 bits per heavy atom. The van der Waals surface area contributed by atoms with E-state index in [2.05, 4.69) is 10.6 Å². The molecule has 0 radical (unpaired) electrons. The number of non-ortho nitro benzene ring substituents is 1. The van der Waals surface area contributed by atoms with Gasteiger partial charge in [-0.2, -0.15) is 0 Å². The van der Waals surface area contributed by atoms with Gasteiger partial charge in [0, 0.05) is 30.8 Å². The highest BCUT2D eigenvalue weighted by molar-refractivity contribution is 6.33. The molecule has 1 aliphatic rings. The number of hydrogen-bond donors (Lipinski definition) is 2. The van der Waals surface area contributed by atoms with Crippen molar-refractivity contribution in [1.29, 1.82) is 0 Å². The van der Waals surface area contributed by atoms with Gasteiger partial charge in [-0.3, -0.25) is 10.1 Å². The fourth-order valence-corrected chi connectivity index (χ4v) is 2.43. The van der Waals surface area contributed by atoms with E-state index in [0.29, 0.717) is 23.4 Å². The first-order valence-corrected chi connectivity index (χ1v) is 6.95. The van der Waals surface area contributed by atoms with Gasteiger partial charge in [0.15, 0.2) is 0 Å². The van der Waals surface area contributed by atoms with Crippen LogP contribution in [0.25, 0.3) is 0 Å². The second-order valence-corrected chi connectivity index (χ2v) is 5.34. The van der Waals surface area contributed by atoms with Crippen LogP contribution >= 0.6 is 11.6 Å². The predicted molar refractivity (Wildman–Crippen MR) is 78.4 cm³/mol. The number of ether oxygens (including phenoxy) is 1. The SMILES string of the molecule is CC(CC1COCCN1)Nc1cc([N+](=O)[O-])ccc1Cl. The summed E-state index contributed by atoms with van der Waals surface area (Å²) < 4.78 is 5.40. The average Bonchev–Trinajstić information content (AvgIpc) is 2.42. The van der Waals surface area contributed by atoms with Crippen LogP contribution in [0.5, 0.6) is 0 Å². The van der Waals surface area contributed by atoms with E-state index in [1.54, 1.807) is 0 Å². The molecule has 1 aromatic carbocycles. The molecule has 0 saturated carbocycles. The summed E-state index contributed by atoms with van der Waals surface area (Å²) >= 11 is 6.06. The van der Waals surface area contributed by atoms with Crippen molar-refractivity contribution in [2.24, 2.45) is 0 Å². The lowest BCUT2D eigenvalue weighted by molar-refractivity contribution is -0.384. The molecule has 110 valence electrons. The van der Waals surface area contributed by atoms with Crippen LogP contribution in [0.2, 0.25) is 5.02 Å². The minimum Gasteiger partial charge on any atom is -0.381 e. The lowest BCUT2D eigenvalue weighted by Crippen LogP contribution is -2.43. The summed E-state index contributed by atoms with van der Waals surface area (Å²) in [5, 5.41) is 17.9. The minimum absolute atomic E-state index is 0.0308. The molecular formula is C13H18ClN3O3. The maximum absolute atomic E-state index is 10.8. The van der Waals surface area contributed by atoms with Crippen molar-refractivity contribution in [3.05, 3.63) is 33.3 Å². The van der Waals surface area contributed by atoms with Crippen LogP contribution < -0.4 is 10.6 Å². The van der Waals surface area contributed by atoms with Crippen LogP contribution in [0.3, 0.4) is 0 Å². The Hall–Kier alpha value is -1.37. The zero-order valence-electron chi connectivity index (χ0n) is 11.3. The molecule has 1 aromatic rings. The molecule has 6 nitrogen and oxygen atoms in total. The van der Waals surface area contributed by atoms with Gasteiger partial charge in [-0.05, 0) is 19.4 Å². The first kappa shape index (κ1) is 15.0. The Kier molecular flexibility index (Phi) is 5.17. The minimum atomic E-state index is -0.428. The first-order chi connectivity index (χ1) is 9.56. The third-order valence-corrected chi connectivity index (χ3v) is 3.53. The van der Waals surface area contributed by atoms with Gasteiger partial charge < -0.3 is 15.4 Å². The molecule has 1 saturated heterocycles. The summed E-state index contributed by atoms with van der Waals surface area (Å²) in [7, 11) is 0. The number of halogens is 1. The van der Waals surface area contributed by atoms with E-state index in [0.717, 1.165) is 19.6 Å². The van der Waals surface area contributed by atoms with Crippen LogP contribution in [-0.2, 0) is 4.74 Å². The van der Waals surface area contributed by atoms with Crippen molar-refractivity contribution in [2.45, 2.75) is 25.4 Å². The van der Waals surface area contributed by atoms with Gasteiger partial charge in [0.1, 0.15) is 0 Å². The highest BCUT2D eigenvalue weighted by atomic mass is 35.5. The number of hydrogen-bond acceptors (Lipinski definition) is 5. The maximum Gasteiger partial charge on any atom is 0.271 e. The summed E-state index contributed by atoms with van der Waals surface area (Å²) in [5.41, 5.74) is 0.619. The maximum atomic E-state index is 10.8. The number of nitrogens with one attached hydrogen (secondary N) is 2. The number of nitro benzene ring substituents is 1. The molecule has 0 amide bonds. The Balaban J connectivity index is 1.97. The first-order valence-electron chi connectivity index (χ1n) is 6.58. The van der Waals surface area contributed by atoms with Crippen molar-refractivity contribution in [3.63, 3.8) is 0 Å². The predicted octanol–water partition coefficient (Wildman–Crippen LogP) is 2.43. The molecule has 2 atom stereocenters. The normalized spacial score (nSPS) is 20.4. The van der Waals surface area contributed by atoms with Crippen LogP contribution in [0.4, 0.5) is 11.4 Å². The van der Waals surface area contributed by atoms with Gasteiger partial charge >= 0.3 is 0 Å². The summed E-state index contributed by atoms with van der Waals surface area (Å²) in [4.78, 5) is 10.3. The van der Waals surface area contributed by atoms with Gasteiger partial charge in [-0.15, -0.1) is 0 Å². The van der Waals surface area contributed by atoms with Gasteiger partial charge in [-0.1, -0.05) is 11.6 Å². The summed E-state index contributed by atoms with van der Waals surface area (Å²) in [6, 6.07) is 4.83. The molecule has 1 aliphatic heterocycles. The van der Waals surface area contributed by atoms with Gasteiger partial charge in [0.25, 0.3) is 5.69 Å². The molecule has 2 unspecified atom stereocenters. The Morgan fingerprint density at radius 1 is 1.65 bits per heavy atom. The summed E-state index contributed by atoms with van der Waals surface area (Å²) in [6.45, 7) is 4.31. The van der Waals surface area contributed by atoms with Crippen molar-refractivity contribution in [3.8, 4) is 0 Å². The van der Waals surface area contributed by atoms with E-state index >= 15 is 0 Å². The van der Waals surface area contributed by atoms with Crippen LogP contribution in [0.1, 0.15) is 13.3 Å². The molecule has 0 aliphatic carbocycles. The number of nitrogens with zero attached hydrogens (tertiary/aromatic N) is 1. The number of benzene rings is 1. The van der Waals surface area contributed by atoms with E-state index in [1.165, 1.54) is 18.2 Å². The van der Waals surface area contributed by atoms with Crippen molar-refractivity contribution in [1.82, 2.24) is 5.32 Å². The van der Waals surface area contributed by atoms with Crippen LogP contribution in [0, 0.1) is 10.1 Å². The summed E-state index contributed by atoms with van der Waals surface area (Å²) in [5.74, 6) is 0. The zero-order valence-corrected chi connectivity index (χ0v) is 12.0. The van der Waals surface area contributed by atoms with E-state index in [-0.39, 0.29) is 11.7 Å². The third kappa shape index (κ3) is 4.06. The number of nitro groups is 1. The number of anilines is 1. The molecule has 0 bridgehead atoms. The molecule has 0 aromatic heterocycles. The molecule has 0 spiro atoms. The Morgan fingerprint density at radius 3 is 3.10 bits per heavy atom. The van der Waals surface area contributed by atoms with Gasteiger partial charge in [0.2, 0.25) is 0 Å². The largest absolute Gasteiger partial charge is 0.381 e. The lowest BCUT2D eigenvalue weighted by Gasteiger charge is -2.27. The van der Waals surface area contributed by atoms with Crippen molar-refractivity contribution in [2.75, 3.05) is 25.1 Å². The standard InChI is InChI=1S/C13H18ClN3O3/c1-9(6-10-8-20-5-4-15-10)16-13-7-11(17(18)19)2-3-12(13)14/h2-3,7,9-10,15-16H,4-6,8H2,1H3. The third-order valence-electron chi connectivity index (χ3n) is 3.20. The highest BCUT2D eigenvalue weighted by Gasteiger charge is 2.17. The number of rotatable bonds is 5. The quantitative estimate of drug-likeness (QED) is 0.645. The van der Waals surface area contributed by atoms with Crippen LogP contribution in [0.15, 0.2) is 18.2 Å². The van der Waals surface area contributed by atoms with Gasteiger partial charge in [0.05, 0.1) is 28.8 Å². The van der Waals surface area contributed by atoms with Crippen molar-refractivity contribution < 1.29 is 9.66 Å². The Bertz CT molecular complexity index is 478. The zero-order chi connectivity index (χ0) is 14.5. The van der Waals surface area contributed by atoms with E-state index < -0.39 is 4.92 Å². The molecule has 20 heavy (non-hydrogen) atoms. The fourth-order valence-electron chi connectivity index (χ4n) is 2.26. The van der Waals surface area contributed by atoms with E-state index in [4.69, 9.17) is 16.3 Å². The number of morpholine rings is 1. The summed E-state index contributed by atoms with van der Waals surface area (Å²) in [6.07, 6.45) is 0.860. The molecule has 2 N–H and O–H groups in total. The molecular weight excluding hydrogens is 282 g/mol. The Labute approximate surface area is 122 Å². The molecule has 7 heteroatoms. The van der Waals surface area contributed by atoms with E-state index in [9.17, 15) is 10.1 Å². The highest BCUT2D eigenvalue weighted by Crippen LogP contribution is 2.27. The average molecular weight is 300 g/mol. The van der Waals surface area contributed by atoms with E-state index in [1.807, 2.05) is 6.92 Å². The smallest absolute Gasteiger partial charge is 0.271 e. The topological polar surface area (TPSA) is 76.4 Å². The lowest BCUT2D eigenvalue weighted by atomic mass is 10.1. The molecule has 2 rings (SSSR count). The fraction of sp³-hybridized carbons (Fsp3) is 0.538. The molecule has 1 fully saturated rings. The monoisotopic (exact) mass is 299 g/mol. The van der Waals surface area contributed by atoms with Crippen molar-refractivity contribution >= 4 is 23.0 Å². The van der Waals surface area contributed by atoms with Crippen LogP contribution in [-0.4, -0.2) is 36.8 Å². The van der Waals surface area contributed by atoms with Gasteiger partial charge in [-0.25, -0.2) is 0 Å². The second-order valence-electron chi connectivity index (χ2n) is 4.93. The molecule has 1 heterocycles. The second kappa shape index (κ2) is 6.88.